The summed E-state index contributed by atoms with van der Waals surface area (Å²) < 4.78 is 5.31. The molecule has 2 aliphatic rings. The Morgan fingerprint density at radius 3 is 2.78 bits per heavy atom. The van der Waals surface area contributed by atoms with Gasteiger partial charge in [-0.3, -0.25) is 9.69 Å². The summed E-state index contributed by atoms with van der Waals surface area (Å²) in [5.41, 5.74) is 0. The Bertz CT molecular complexity index is 279. The monoisotopic (exact) mass is 255 g/mol. The smallest absolute Gasteiger partial charge is 0.240 e. The Morgan fingerprint density at radius 2 is 2.11 bits per heavy atom. The first kappa shape index (κ1) is 13.8. The number of hydrogen-bond acceptors (Lipinski definition) is 4. The Morgan fingerprint density at radius 1 is 1.39 bits per heavy atom. The average molecular weight is 255 g/mol. The van der Waals surface area contributed by atoms with Crippen LogP contribution in [0.3, 0.4) is 0 Å². The number of ether oxygens (including phenoxy) is 1. The number of carbonyl (C=O) groups is 1. The molecule has 2 rings (SSSR count). The van der Waals surface area contributed by atoms with Gasteiger partial charge in [0.25, 0.3) is 0 Å². The molecule has 0 aromatic carbocycles. The van der Waals surface area contributed by atoms with Crippen molar-refractivity contribution in [1.82, 2.24) is 15.1 Å². The van der Waals surface area contributed by atoms with Crippen molar-refractivity contribution in [2.45, 2.75) is 31.9 Å². The highest BCUT2D eigenvalue weighted by atomic mass is 16.5. The molecule has 0 aromatic heterocycles. The lowest BCUT2D eigenvalue weighted by atomic mass is 10.1. The highest BCUT2D eigenvalue weighted by Crippen LogP contribution is 2.20. The fraction of sp³-hybridized carbons (Fsp3) is 0.923. The summed E-state index contributed by atoms with van der Waals surface area (Å²) in [7, 11) is 1.73. The van der Waals surface area contributed by atoms with Gasteiger partial charge in [0.05, 0.1) is 12.1 Å². The minimum absolute atomic E-state index is 0.0840. The van der Waals surface area contributed by atoms with Crippen molar-refractivity contribution in [3.05, 3.63) is 0 Å². The topological polar surface area (TPSA) is 44.8 Å². The summed E-state index contributed by atoms with van der Waals surface area (Å²) >= 11 is 0. The molecule has 5 nitrogen and oxygen atoms in total. The minimum Gasteiger partial charge on any atom is -0.380 e. The van der Waals surface area contributed by atoms with Crippen LogP contribution in [0.4, 0.5) is 0 Å². The molecule has 2 atom stereocenters. The van der Waals surface area contributed by atoms with E-state index in [0.29, 0.717) is 5.91 Å². The molecule has 2 fully saturated rings. The van der Waals surface area contributed by atoms with Crippen molar-refractivity contribution in [3.8, 4) is 0 Å². The maximum Gasteiger partial charge on any atom is 0.240 e. The highest BCUT2D eigenvalue weighted by Gasteiger charge is 2.34. The number of methoxy groups -OCH3 is 1. The van der Waals surface area contributed by atoms with E-state index in [0.717, 1.165) is 52.1 Å². The van der Waals surface area contributed by atoms with Crippen molar-refractivity contribution in [2.75, 3.05) is 46.4 Å². The zero-order valence-electron chi connectivity index (χ0n) is 11.5. The number of carbonyl (C=O) groups excluding carboxylic acids is 1. The first-order valence-electron chi connectivity index (χ1n) is 6.98. The van der Waals surface area contributed by atoms with Crippen LogP contribution >= 0.6 is 0 Å². The van der Waals surface area contributed by atoms with Gasteiger partial charge in [0.15, 0.2) is 0 Å². The Hall–Kier alpha value is -0.650. The maximum atomic E-state index is 12.5. The largest absolute Gasteiger partial charge is 0.380 e. The van der Waals surface area contributed by atoms with Gasteiger partial charge in [0, 0.05) is 39.8 Å². The first-order valence-corrected chi connectivity index (χ1v) is 6.98. The molecular formula is C13H25N3O2. The van der Waals surface area contributed by atoms with E-state index >= 15 is 0 Å². The Kier molecular flexibility index (Phi) is 4.97. The molecule has 18 heavy (non-hydrogen) atoms. The molecule has 1 amide bonds. The zero-order valence-corrected chi connectivity index (χ0v) is 11.5. The van der Waals surface area contributed by atoms with Crippen LogP contribution in [0.25, 0.3) is 0 Å². The fourth-order valence-corrected chi connectivity index (χ4v) is 2.83. The molecule has 2 unspecified atom stereocenters. The van der Waals surface area contributed by atoms with Crippen LogP contribution in [0.2, 0.25) is 0 Å². The molecule has 0 radical (unpaired) electrons. The van der Waals surface area contributed by atoms with Crippen molar-refractivity contribution in [3.63, 3.8) is 0 Å². The molecule has 0 saturated carbocycles. The third-order valence-electron chi connectivity index (χ3n) is 3.97. The fourth-order valence-electron chi connectivity index (χ4n) is 2.83. The molecule has 1 N–H and O–H groups in total. The first-order chi connectivity index (χ1) is 8.72. The SMILES string of the molecule is COC(C)CN1CCCC1C(=O)N1CCNCC1. The van der Waals surface area contributed by atoms with E-state index in [4.69, 9.17) is 4.74 Å². The van der Waals surface area contributed by atoms with Crippen LogP contribution in [0.1, 0.15) is 19.8 Å². The molecule has 0 spiro atoms. The zero-order chi connectivity index (χ0) is 13.0. The second kappa shape index (κ2) is 6.50. The number of hydrogen-bond donors (Lipinski definition) is 1. The maximum absolute atomic E-state index is 12.5. The predicted octanol–water partition coefficient (Wildman–Crippen LogP) is -0.0825. The van der Waals surface area contributed by atoms with E-state index in [2.05, 4.69) is 17.1 Å². The van der Waals surface area contributed by atoms with Crippen molar-refractivity contribution < 1.29 is 9.53 Å². The number of nitrogens with zero attached hydrogens (tertiary/aromatic N) is 2. The van der Waals surface area contributed by atoms with Gasteiger partial charge in [-0.1, -0.05) is 0 Å². The van der Waals surface area contributed by atoms with E-state index < -0.39 is 0 Å². The van der Waals surface area contributed by atoms with E-state index in [-0.39, 0.29) is 12.1 Å². The van der Waals surface area contributed by atoms with Crippen molar-refractivity contribution >= 4 is 5.91 Å². The summed E-state index contributed by atoms with van der Waals surface area (Å²) in [4.78, 5) is 16.8. The number of likely N-dealkylation sites (tertiary alicyclic amines) is 1. The molecule has 2 heterocycles. The second-order valence-electron chi connectivity index (χ2n) is 5.27. The molecule has 5 heteroatoms. The number of rotatable bonds is 4. The van der Waals surface area contributed by atoms with Gasteiger partial charge in [0.2, 0.25) is 5.91 Å². The van der Waals surface area contributed by atoms with Crippen LogP contribution in [0, 0.1) is 0 Å². The predicted molar refractivity (Wildman–Crippen MR) is 70.5 cm³/mol. The van der Waals surface area contributed by atoms with Gasteiger partial charge in [0.1, 0.15) is 0 Å². The van der Waals surface area contributed by atoms with Crippen LogP contribution in [0.15, 0.2) is 0 Å². The normalized spacial score (nSPS) is 27.4. The quantitative estimate of drug-likeness (QED) is 0.763. The third kappa shape index (κ3) is 3.22. The summed E-state index contributed by atoms with van der Waals surface area (Å²) in [6.45, 7) is 7.49. The van der Waals surface area contributed by atoms with Gasteiger partial charge in [-0.05, 0) is 26.3 Å². The lowest BCUT2D eigenvalue weighted by Crippen LogP contribution is -2.53. The Labute approximate surface area is 109 Å². The molecular weight excluding hydrogens is 230 g/mol. The second-order valence-corrected chi connectivity index (χ2v) is 5.27. The Balaban J connectivity index is 1.91. The molecule has 2 saturated heterocycles. The number of amides is 1. The number of piperazine rings is 1. The highest BCUT2D eigenvalue weighted by molar-refractivity contribution is 5.82. The van der Waals surface area contributed by atoms with E-state index in [9.17, 15) is 4.79 Å². The summed E-state index contributed by atoms with van der Waals surface area (Å²) in [5.74, 6) is 0.317. The molecule has 0 bridgehead atoms. The van der Waals surface area contributed by atoms with Crippen molar-refractivity contribution in [1.29, 1.82) is 0 Å². The van der Waals surface area contributed by atoms with Crippen molar-refractivity contribution in [2.24, 2.45) is 0 Å². The number of nitrogens with one attached hydrogen (secondary N) is 1. The van der Waals surface area contributed by atoms with Crippen LogP contribution in [0.5, 0.6) is 0 Å². The molecule has 0 aliphatic carbocycles. The van der Waals surface area contributed by atoms with E-state index in [1.54, 1.807) is 7.11 Å². The van der Waals surface area contributed by atoms with Gasteiger partial charge in [-0.25, -0.2) is 0 Å². The average Bonchev–Trinajstić information content (AvgIpc) is 2.86. The van der Waals surface area contributed by atoms with Gasteiger partial charge >= 0.3 is 0 Å². The van der Waals surface area contributed by atoms with Crippen LogP contribution < -0.4 is 5.32 Å². The van der Waals surface area contributed by atoms with Crippen LogP contribution in [-0.4, -0.2) is 74.2 Å². The van der Waals surface area contributed by atoms with E-state index in [1.165, 1.54) is 0 Å². The standard InChI is InChI=1S/C13H25N3O2/c1-11(18-2)10-16-7-3-4-12(16)13(17)15-8-5-14-6-9-15/h11-12,14H,3-10H2,1-2H3. The summed E-state index contributed by atoms with van der Waals surface area (Å²) in [6, 6.07) is 0.0840. The molecule has 104 valence electrons. The lowest BCUT2D eigenvalue weighted by Gasteiger charge is -2.33. The molecule has 2 aliphatic heterocycles. The summed E-state index contributed by atoms with van der Waals surface area (Å²) in [6.07, 6.45) is 2.32. The van der Waals surface area contributed by atoms with Gasteiger partial charge < -0.3 is 15.0 Å². The molecule has 0 aromatic rings. The minimum atomic E-state index is 0.0840. The van der Waals surface area contributed by atoms with Crippen LogP contribution in [-0.2, 0) is 9.53 Å². The van der Waals surface area contributed by atoms with Gasteiger partial charge in [-0.2, -0.15) is 0 Å². The summed E-state index contributed by atoms with van der Waals surface area (Å²) in [5, 5.41) is 3.29. The third-order valence-corrected chi connectivity index (χ3v) is 3.97. The van der Waals surface area contributed by atoms with Gasteiger partial charge in [-0.15, -0.1) is 0 Å². The van der Waals surface area contributed by atoms with E-state index in [1.807, 2.05) is 4.90 Å². The lowest BCUT2D eigenvalue weighted by molar-refractivity contribution is -0.137.